The van der Waals surface area contributed by atoms with Gasteiger partial charge in [0.2, 0.25) is 0 Å². The van der Waals surface area contributed by atoms with Gasteiger partial charge in [0.1, 0.15) is 5.84 Å². The van der Waals surface area contributed by atoms with E-state index >= 15 is 0 Å². The minimum atomic E-state index is 0.0381. The molecule has 0 bridgehead atoms. The first kappa shape index (κ1) is 14.3. The van der Waals surface area contributed by atoms with E-state index < -0.39 is 0 Å². The minimum Gasteiger partial charge on any atom is -0.387 e. The van der Waals surface area contributed by atoms with Crippen LogP contribution in [-0.4, -0.2) is 12.4 Å². The molecule has 2 aromatic carbocycles. The van der Waals surface area contributed by atoms with Gasteiger partial charge in [-0.05, 0) is 17.0 Å². The highest BCUT2D eigenvalue weighted by Gasteiger charge is 2.17. The minimum absolute atomic E-state index is 0.0381. The first-order chi connectivity index (χ1) is 9.68. The number of nitrogens with zero attached hydrogens (tertiary/aromatic N) is 1. The number of nitrogens with two attached hydrogens (primary N) is 1. The third-order valence-electron chi connectivity index (χ3n) is 3.20. The zero-order valence-corrected chi connectivity index (χ0v) is 12.2. The Morgan fingerprint density at radius 2 is 1.35 bits per heavy atom. The van der Waals surface area contributed by atoms with Gasteiger partial charge in [-0.2, -0.15) is 0 Å². The summed E-state index contributed by atoms with van der Waals surface area (Å²) < 4.78 is 0. The molecule has 2 heteroatoms. The third-order valence-corrected chi connectivity index (χ3v) is 3.20. The highest BCUT2D eigenvalue weighted by molar-refractivity contribution is 5.90. The molecule has 0 aromatic heterocycles. The first-order valence-electron chi connectivity index (χ1n) is 7.08. The van der Waals surface area contributed by atoms with E-state index in [2.05, 4.69) is 43.1 Å². The van der Waals surface area contributed by atoms with Gasteiger partial charge in [0.15, 0.2) is 0 Å². The van der Waals surface area contributed by atoms with E-state index in [1.165, 1.54) is 11.1 Å². The fraction of sp³-hybridized carbons (Fsp3) is 0.278. The highest BCUT2D eigenvalue weighted by Crippen LogP contribution is 2.24. The highest BCUT2D eigenvalue weighted by atomic mass is 14.9. The second-order valence-corrected chi connectivity index (χ2v) is 5.41. The predicted molar refractivity (Wildman–Crippen MR) is 86.1 cm³/mol. The third kappa shape index (κ3) is 3.70. The Labute approximate surface area is 121 Å². The number of benzene rings is 2. The van der Waals surface area contributed by atoms with E-state index in [0.717, 1.165) is 6.54 Å². The standard InChI is InChI=1S/C18H22N2/c1-14(2)13-20-18(19)17(15-9-5-3-6-10-15)16-11-7-4-8-12-16/h3-12,14,17H,13H2,1-2H3,(H2,19,20). The number of hydrogen-bond acceptors (Lipinski definition) is 1. The summed E-state index contributed by atoms with van der Waals surface area (Å²) in [4.78, 5) is 4.57. The van der Waals surface area contributed by atoms with Crippen LogP contribution in [0.15, 0.2) is 65.7 Å². The lowest BCUT2D eigenvalue weighted by atomic mass is 9.90. The summed E-state index contributed by atoms with van der Waals surface area (Å²) >= 11 is 0. The number of amidine groups is 1. The summed E-state index contributed by atoms with van der Waals surface area (Å²) in [5.74, 6) is 1.24. The molecule has 0 fully saturated rings. The van der Waals surface area contributed by atoms with Gasteiger partial charge in [0, 0.05) is 6.54 Å². The Hall–Kier alpha value is -2.09. The molecule has 0 radical (unpaired) electrons. The summed E-state index contributed by atoms with van der Waals surface area (Å²) in [6.07, 6.45) is 0. The molecule has 0 aliphatic heterocycles. The van der Waals surface area contributed by atoms with Crippen LogP contribution >= 0.6 is 0 Å². The van der Waals surface area contributed by atoms with E-state index in [1.54, 1.807) is 0 Å². The smallest absolute Gasteiger partial charge is 0.106 e. The fourth-order valence-electron chi connectivity index (χ4n) is 2.20. The fourth-order valence-corrected chi connectivity index (χ4v) is 2.20. The molecule has 0 atom stereocenters. The van der Waals surface area contributed by atoms with Gasteiger partial charge in [0.25, 0.3) is 0 Å². The zero-order valence-electron chi connectivity index (χ0n) is 12.2. The number of aliphatic imine (C=N–C) groups is 1. The maximum atomic E-state index is 6.28. The molecular weight excluding hydrogens is 244 g/mol. The van der Waals surface area contributed by atoms with Crippen molar-refractivity contribution in [3.63, 3.8) is 0 Å². The Balaban J connectivity index is 2.38. The molecule has 20 heavy (non-hydrogen) atoms. The topological polar surface area (TPSA) is 38.4 Å². The summed E-state index contributed by atoms with van der Waals surface area (Å²) in [7, 11) is 0. The lowest BCUT2D eigenvalue weighted by Gasteiger charge is -2.18. The lowest BCUT2D eigenvalue weighted by molar-refractivity contribution is 0.663. The predicted octanol–water partition coefficient (Wildman–Crippen LogP) is 3.83. The van der Waals surface area contributed by atoms with Crippen molar-refractivity contribution in [1.29, 1.82) is 0 Å². The second kappa shape index (κ2) is 6.90. The van der Waals surface area contributed by atoms with Crippen LogP contribution in [0.25, 0.3) is 0 Å². The van der Waals surface area contributed by atoms with Crippen LogP contribution < -0.4 is 5.73 Å². The average Bonchev–Trinajstić information content (AvgIpc) is 2.48. The van der Waals surface area contributed by atoms with Gasteiger partial charge in [-0.25, -0.2) is 0 Å². The molecular formula is C18H22N2. The maximum Gasteiger partial charge on any atom is 0.106 e. The molecule has 104 valence electrons. The first-order valence-corrected chi connectivity index (χ1v) is 7.08. The molecule has 2 nitrogen and oxygen atoms in total. The molecule has 0 saturated carbocycles. The van der Waals surface area contributed by atoms with Gasteiger partial charge in [-0.3, -0.25) is 4.99 Å². The summed E-state index contributed by atoms with van der Waals surface area (Å²) in [5, 5.41) is 0. The molecule has 0 aliphatic rings. The SMILES string of the molecule is CC(C)CN=C(N)C(c1ccccc1)c1ccccc1. The molecule has 0 heterocycles. The molecule has 0 saturated heterocycles. The monoisotopic (exact) mass is 266 g/mol. The second-order valence-electron chi connectivity index (χ2n) is 5.41. The van der Waals surface area contributed by atoms with Crippen LogP contribution in [0.2, 0.25) is 0 Å². The lowest BCUT2D eigenvalue weighted by Crippen LogP contribution is -2.24. The van der Waals surface area contributed by atoms with Crippen molar-refractivity contribution in [2.24, 2.45) is 16.6 Å². The van der Waals surface area contributed by atoms with E-state index in [1.807, 2.05) is 36.4 Å². The number of hydrogen-bond donors (Lipinski definition) is 1. The zero-order chi connectivity index (χ0) is 14.4. The summed E-state index contributed by atoms with van der Waals surface area (Å²) in [5.41, 5.74) is 8.65. The van der Waals surface area contributed by atoms with Crippen molar-refractivity contribution in [3.8, 4) is 0 Å². The van der Waals surface area contributed by atoms with E-state index in [-0.39, 0.29) is 5.92 Å². The Morgan fingerprint density at radius 1 is 0.900 bits per heavy atom. The van der Waals surface area contributed by atoms with E-state index in [4.69, 9.17) is 5.73 Å². The van der Waals surface area contributed by atoms with E-state index in [0.29, 0.717) is 11.8 Å². The van der Waals surface area contributed by atoms with Gasteiger partial charge in [-0.1, -0.05) is 74.5 Å². The van der Waals surface area contributed by atoms with Crippen LogP contribution in [0.3, 0.4) is 0 Å². The maximum absolute atomic E-state index is 6.28. The van der Waals surface area contributed by atoms with Crippen LogP contribution in [0.1, 0.15) is 30.9 Å². The normalized spacial score (nSPS) is 12.1. The molecule has 0 amide bonds. The Kier molecular flexibility index (Phi) is 4.94. The van der Waals surface area contributed by atoms with Crippen molar-refractivity contribution in [3.05, 3.63) is 71.8 Å². The van der Waals surface area contributed by atoms with Crippen molar-refractivity contribution < 1.29 is 0 Å². The van der Waals surface area contributed by atoms with Crippen molar-refractivity contribution >= 4 is 5.84 Å². The van der Waals surface area contributed by atoms with Gasteiger partial charge in [0.05, 0.1) is 5.92 Å². The Morgan fingerprint density at radius 3 is 1.75 bits per heavy atom. The largest absolute Gasteiger partial charge is 0.387 e. The Bertz CT molecular complexity index is 505. The van der Waals surface area contributed by atoms with Crippen LogP contribution in [-0.2, 0) is 0 Å². The molecule has 2 aromatic rings. The van der Waals surface area contributed by atoms with Gasteiger partial charge in [-0.15, -0.1) is 0 Å². The van der Waals surface area contributed by atoms with E-state index in [9.17, 15) is 0 Å². The molecule has 2 N–H and O–H groups in total. The van der Waals surface area contributed by atoms with Crippen molar-refractivity contribution in [2.75, 3.05) is 6.54 Å². The van der Waals surface area contributed by atoms with Crippen LogP contribution in [0, 0.1) is 5.92 Å². The molecule has 2 rings (SSSR count). The van der Waals surface area contributed by atoms with Crippen molar-refractivity contribution in [1.82, 2.24) is 0 Å². The van der Waals surface area contributed by atoms with Crippen LogP contribution in [0.4, 0.5) is 0 Å². The quantitative estimate of drug-likeness (QED) is 0.648. The summed E-state index contributed by atoms with van der Waals surface area (Å²) in [6, 6.07) is 20.6. The number of rotatable bonds is 5. The van der Waals surface area contributed by atoms with Crippen molar-refractivity contribution in [2.45, 2.75) is 19.8 Å². The molecule has 0 aliphatic carbocycles. The van der Waals surface area contributed by atoms with Gasteiger partial charge < -0.3 is 5.73 Å². The van der Waals surface area contributed by atoms with Crippen LogP contribution in [0.5, 0.6) is 0 Å². The molecule has 0 spiro atoms. The summed E-state index contributed by atoms with van der Waals surface area (Å²) in [6.45, 7) is 5.07. The average molecular weight is 266 g/mol. The van der Waals surface area contributed by atoms with Gasteiger partial charge >= 0.3 is 0 Å². The molecule has 0 unspecified atom stereocenters.